The Hall–Kier alpha value is -0.0600. The van der Waals surface area contributed by atoms with Crippen LogP contribution in [0.5, 0.6) is 0 Å². The topological polar surface area (TPSA) is 24.9 Å². The molecule has 0 aromatic carbocycles. The van der Waals surface area contributed by atoms with Crippen molar-refractivity contribution in [2.24, 2.45) is 5.41 Å². The molecule has 0 bridgehead atoms. The summed E-state index contributed by atoms with van der Waals surface area (Å²) in [5, 5.41) is 5.40. The lowest BCUT2D eigenvalue weighted by molar-refractivity contribution is 0.215. The van der Waals surface area contributed by atoms with Gasteiger partial charge < -0.3 is 5.32 Å². The maximum Gasteiger partial charge on any atom is 0.0963 e. The summed E-state index contributed by atoms with van der Waals surface area (Å²) in [5.41, 5.74) is 0.457. The molecular formula is C15H23BrN2S. The lowest BCUT2D eigenvalue weighted by Crippen LogP contribution is -2.44. The van der Waals surface area contributed by atoms with Gasteiger partial charge >= 0.3 is 0 Å². The Labute approximate surface area is 129 Å². The van der Waals surface area contributed by atoms with E-state index >= 15 is 0 Å². The van der Waals surface area contributed by atoms with Crippen molar-refractivity contribution in [2.75, 3.05) is 6.54 Å². The normalized spacial score (nSPS) is 26.3. The molecule has 1 N–H and O–H groups in total. The number of nitrogens with zero attached hydrogens (tertiary/aromatic N) is 1. The Morgan fingerprint density at radius 3 is 2.89 bits per heavy atom. The third kappa shape index (κ3) is 4.47. The third-order valence-corrected chi connectivity index (χ3v) is 5.52. The molecule has 1 aromatic rings. The molecule has 1 aliphatic rings. The molecule has 19 heavy (non-hydrogen) atoms. The summed E-state index contributed by atoms with van der Waals surface area (Å²) in [6, 6.07) is 4.80. The lowest BCUT2D eigenvalue weighted by Gasteiger charge is -2.40. The van der Waals surface area contributed by atoms with Gasteiger partial charge in [0.25, 0.3) is 0 Å². The molecule has 0 radical (unpaired) electrons. The number of pyridine rings is 1. The molecule has 1 saturated carbocycles. The first-order valence-corrected chi connectivity index (χ1v) is 8.69. The monoisotopic (exact) mass is 342 g/mol. The van der Waals surface area contributed by atoms with Gasteiger partial charge in [-0.05, 0) is 59.3 Å². The molecule has 4 heteroatoms. The number of thioether (sulfide) groups is 1. The van der Waals surface area contributed by atoms with E-state index in [4.69, 9.17) is 0 Å². The first-order chi connectivity index (χ1) is 9.00. The van der Waals surface area contributed by atoms with Gasteiger partial charge in [-0.25, -0.2) is 4.98 Å². The molecule has 1 aliphatic carbocycles. The number of hydrogen-bond donors (Lipinski definition) is 1. The predicted octanol–water partition coefficient (Wildman–Crippen LogP) is 4.49. The highest BCUT2D eigenvalue weighted by atomic mass is 79.9. The molecular weight excluding hydrogens is 320 g/mol. The van der Waals surface area contributed by atoms with Crippen molar-refractivity contribution in [3.8, 4) is 0 Å². The summed E-state index contributed by atoms with van der Waals surface area (Å²) in [7, 11) is 0. The zero-order chi connectivity index (χ0) is 13.9. The fourth-order valence-corrected chi connectivity index (χ4v) is 4.46. The largest absolute Gasteiger partial charge is 0.313 e. The van der Waals surface area contributed by atoms with E-state index in [2.05, 4.69) is 59.1 Å². The molecule has 1 heterocycles. The van der Waals surface area contributed by atoms with E-state index in [-0.39, 0.29) is 0 Å². The van der Waals surface area contributed by atoms with E-state index in [1.54, 1.807) is 0 Å². The average Bonchev–Trinajstić information content (AvgIpc) is 2.35. The molecule has 2 rings (SSSR count). The van der Waals surface area contributed by atoms with Gasteiger partial charge in [0.15, 0.2) is 0 Å². The molecule has 2 atom stereocenters. The van der Waals surface area contributed by atoms with Gasteiger partial charge in [-0.1, -0.05) is 20.8 Å². The number of halogens is 1. The van der Waals surface area contributed by atoms with Crippen molar-refractivity contribution < 1.29 is 0 Å². The molecule has 0 saturated heterocycles. The molecule has 2 nitrogen and oxygen atoms in total. The van der Waals surface area contributed by atoms with Gasteiger partial charge in [0.05, 0.1) is 5.03 Å². The van der Waals surface area contributed by atoms with Crippen LogP contribution < -0.4 is 5.32 Å². The fraction of sp³-hybridized carbons (Fsp3) is 0.667. The minimum absolute atomic E-state index is 0.457. The molecule has 1 fully saturated rings. The number of rotatable bonds is 4. The van der Waals surface area contributed by atoms with Crippen LogP contribution >= 0.6 is 27.7 Å². The highest BCUT2D eigenvalue weighted by Gasteiger charge is 2.35. The Balaban J connectivity index is 2.06. The van der Waals surface area contributed by atoms with E-state index in [1.165, 1.54) is 19.3 Å². The SMILES string of the molecule is CCNC1CCC(C)(C)CC1Sc1ccc(Br)cn1. The van der Waals surface area contributed by atoms with Crippen LogP contribution in [0.3, 0.4) is 0 Å². The summed E-state index contributed by atoms with van der Waals surface area (Å²) in [6.07, 6.45) is 5.73. The maximum absolute atomic E-state index is 4.50. The van der Waals surface area contributed by atoms with Crippen molar-refractivity contribution in [3.63, 3.8) is 0 Å². The Kier molecular flexibility index (Phi) is 5.32. The van der Waals surface area contributed by atoms with Crippen LogP contribution in [0.25, 0.3) is 0 Å². The summed E-state index contributed by atoms with van der Waals surface area (Å²) < 4.78 is 1.05. The number of hydrogen-bond acceptors (Lipinski definition) is 3. The van der Waals surface area contributed by atoms with Crippen molar-refractivity contribution in [3.05, 3.63) is 22.8 Å². The second-order valence-electron chi connectivity index (χ2n) is 6.04. The van der Waals surface area contributed by atoms with Gasteiger partial charge in [-0.3, -0.25) is 0 Å². The van der Waals surface area contributed by atoms with E-state index in [0.29, 0.717) is 16.7 Å². The Bertz CT molecular complexity index is 405. The molecule has 0 amide bonds. The average molecular weight is 343 g/mol. The van der Waals surface area contributed by atoms with Crippen molar-refractivity contribution in [2.45, 2.75) is 56.4 Å². The molecule has 0 spiro atoms. The first kappa shape index (κ1) is 15.3. The first-order valence-electron chi connectivity index (χ1n) is 7.02. The van der Waals surface area contributed by atoms with Crippen molar-refractivity contribution in [1.29, 1.82) is 0 Å². The van der Waals surface area contributed by atoms with Crippen LogP contribution in [0.15, 0.2) is 27.8 Å². The van der Waals surface area contributed by atoms with Gasteiger partial charge in [0.2, 0.25) is 0 Å². The van der Waals surface area contributed by atoms with Crippen LogP contribution in [-0.2, 0) is 0 Å². The molecule has 0 aliphatic heterocycles. The van der Waals surface area contributed by atoms with Crippen molar-refractivity contribution in [1.82, 2.24) is 10.3 Å². The van der Waals surface area contributed by atoms with E-state index in [0.717, 1.165) is 16.0 Å². The molecule has 106 valence electrons. The van der Waals surface area contributed by atoms with E-state index < -0.39 is 0 Å². The van der Waals surface area contributed by atoms with E-state index in [9.17, 15) is 0 Å². The summed E-state index contributed by atoms with van der Waals surface area (Å²) in [4.78, 5) is 4.50. The van der Waals surface area contributed by atoms with Crippen LogP contribution in [0, 0.1) is 5.41 Å². The van der Waals surface area contributed by atoms with Gasteiger partial charge in [-0.15, -0.1) is 11.8 Å². The van der Waals surface area contributed by atoms with Gasteiger partial charge in [-0.2, -0.15) is 0 Å². The second kappa shape index (κ2) is 6.59. The summed E-state index contributed by atoms with van der Waals surface area (Å²) >= 11 is 5.37. The summed E-state index contributed by atoms with van der Waals surface area (Å²) in [5.74, 6) is 0. The standard InChI is InChI=1S/C15H23BrN2S/c1-4-17-12-7-8-15(2,3)9-13(12)19-14-6-5-11(16)10-18-14/h5-6,10,12-13,17H,4,7-9H2,1-3H3. The van der Waals surface area contributed by atoms with Crippen LogP contribution in [0.1, 0.15) is 40.0 Å². The molecule has 1 aromatic heterocycles. The van der Waals surface area contributed by atoms with Crippen molar-refractivity contribution >= 4 is 27.7 Å². The Morgan fingerprint density at radius 2 is 2.26 bits per heavy atom. The minimum atomic E-state index is 0.457. The molecule has 2 unspecified atom stereocenters. The van der Waals surface area contributed by atoms with Crippen LogP contribution in [-0.4, -0.2) is 22.8 Å². The van der Waals surface area contributed by atoms with Gasteiger partial charge in [0, 0.05) is 22.0 Å². The smallest absolute Gasteiger partial charge is 0.0963 e. The summed E-state index contributed by atoms with van der Waals surface area (Å²) in [6.45, 7) is 8.02. The van der Waals surface area contributed by atoms with Crippen LogP contribution in [0.4, 0.5) is 0 Å². The van der Waals surface area contributed by atoms with Crippen LogP contribution in [0.2, 0.25) is 0 Å². The zero-order valence-corrected chi connectivity index (χ0v) is 14.4. The minimum Gasteiger partial charge on any atom is -0.313 e. The van der Waals surface area contributed by atoms with E-state index in [1.807, 2.05) is 18.0 Å². The Morgan fingerprint density at radius 1 is 1.47 bits per heavy atom. The fourth-order valence-electron chi connectivity index (χ4n) is 2.73. The number of aromatic nitrogens is 1. The third-order valence-electron chi connectivity index (χ3n) is 3.77. The number of nitrogens with one attached hydrogen (secondary N) is 1. The highest BCUT2D eigenvalue weighted by Crippen LogP contribution is 2.42. The lowest BCUT2D eigenvalue weighted by atomic mass is 9.75. The predicted molar refractivity (Wildman–Crippen MR) is 86.7 cm³/mol. The van der Waals surface area contributed by atoms with Gasteiger partial charge in [0.1, 0.15) is 0 Å². The zero-order valence-electron chi connectivity index (χ0n) is 11.9. The maximum atomic E-state index is 4.50. The second-order valence-corrected chi connectivity index (χ2v) is 8.22. The quantitative estimate of drug-likeness (QED) is 0.872. The highest BCUT2D eigenvalue weighted by molar-refractivity contribution is 9.10.